The lowest BCUT2D eigenvalue weighted by Gasteiger charge is -2.14. The van der Waals surface area contributed by atoms with Crippen molar-refractivity contribution < 1.29 is 28.6 Å². The summed E-state index contributed by atoms with van der Waals surface area (Å²) in [7, 11) is 0. The van der Waals surface area contributed by atoms with Crippen LogP contribution in [-0.4, -0.2) is 42.7 Å². The van der Waals surface area contributed by atoms with Gasteiger partial charge in [0.25, 0.3) is 0 Å². The number of hydrogen-bond acceptors (Lipinski definition) is 7. The lowest BCUT2D eigenvalue weighted by Crippen LogP contribution is -2.28. The highest BCUT2D eigenvalue weighted by molar-refractivity contribution is 6.07. The molecule has 138 valence electrons. The van der Waals surface area contributed by atoms with Gasteiger partial charge in [0.15, 0.2) is 5.92 Å². The van der Waals surface area contributed by atoms with E-state index in [1.807, 2.05) is 0 Å². The Bertz CT molecular complexity index is 755. The predicted molar refractivity (Wildman–Crippen MR) is 92.8 cm³/mol. The Morgan fingerprint density at radius 2 is 1.46 bits per heavy atom. The van der Waals surface area contributed by atoms with E-state index in [4.69, 9.17) is 14.2 Å². The van der Waals surface area contributed by atoms with Gasteiger partial charge in [0, 0.05) is 5.56 Å². The first-order chi connectivity index (χ1) is 12.5. The van der Waals surface area contributed by atoms with Gasteiger partial charge in [-0.15, -0.1) is 0 Å². The fourth-order valence-electron chi connectivity index (χ4n) is 2.57. The predicted octanol–water partition coefficient (Wildman–Crippen LogP) is 2.57. The van der Waals surface area contributed by atoms with Crippen molar-refractivity contribution in [1.29, 1.82) is 0 Å². The van der Waals surface area contributed by atoms with Gasteiger partial charge in [-0.1, -0.05) is 24.3 Å². The molecule has 0 fully saturated rings. The maximum absolute atomic E-state index is 12.5. The van der Waals surface area contributed by atoms with Crippen LogP contribution in [0.4, 0.5) is 0 Å². The highest BCUT2D eigenvalue weighted by atomic mass is 16.6. The molecule has 26 heavy (non-hydrogen) atoms. The summed E-state index contributed by atoms with van der Waals surface area (Å²) in [5, 5.41) is 0. The van der Waals surface area contributed by atoms with Gasteiger partial charge < -0.3 is 14.2 Å². The Morgan fingerprint density at radius 1 is 0.885 bits per heavy atom. The molecule has 2 aliphatic rings. The van der Waals surface area contributed by atoms with Crippen LogP contribution in [0, 0.1) is 0 Å². The Labute approximate surface area is 151 Å². The van der Waals surface area contributed by atoms with Crippen molar-refractivity contribution in [2.75, 3.05) is 19.8 Å². The fraction of sp³-hybridized carbons (Fsp3) is 0.368. The molecule has 2 rings (SSSR count). The van der Waals surface area contributed by atoms with Gasteiger partial charge in [-0.05, 0) is 26.8 Å². The molecule has 0 amide bonds. The van der Waals surface area contributed by atoms with E-state index in [0.29, 0.717) is 11.3 Å². The normalized spacial score (nSPS) is 10.6. The summed E-state index contributed by atoms with van der Waals surface area (Å²) in [5.74, 6) is -3.74. The maximum Gasteiger partial charge on any atom is 0.340 e. The smallest absolute Gasteiger partial charge is 0.340 e. The van der Waals surface area contributed by atoms with Gasteiger partial charge in [-0.2, -0.15) is 0 Å². The topological polar surface area (TPSA) is 91.8 Å². The van der Waals surface area contributed by atoms with Crippen LogP contribution in [0.5, 0.6) is 0 Å². The molecule has 0 N–H and O–H groups in total. The number of carbonyl (C=O) groups is 3. The molecule has 0 spiro atoms. The van der Waals surface area contributed by atoms with Gasteiger partial charge in [0.1, 0.15) is 0 Å². The summed E-state index contributed by atoms with van der Waals surface area (Å²) >= 11 is 0. The van der Waals surface area contributed by atoms with Crippen LogP contribution >= 0.6 is 0 Å². The largest absolute Gasteiger partial charge is 0.465 e. The van der Waals surface area contributed by atoms with Crippen molar-refractivity contribution in [2.45, 2.75) is 26.7 Å². The van der Waals surface area contributed by atoms with Crippen LogP contribution in [0.1, 0.15) is 42.7 Å². The lowest BCUT2D eigenvalue weighted by atomic mass is 9.99. The summed E-state index contributed by atoms with van der Waals surface area (Å²) in [4.78, 5) is 41.7. The Kier molecular flexibility index (Phi) is 6.66. The zero-order chi connectivity index (χ0) is 19.1. The van der Waals surface area contributed by atoms with Crippen molar-refractivity contribution in [1.82, 2.24) is 4.98 Å². The summed E-state index contributed by atoms with van der Waals surface area (Å²) < 4.78 is 15.1. The van der Waals surface area contributed by atoms with Crippen molar-refractivity contribution in [2.24, 2.45) is 0 Å². The third-order valence-corrected chi connectivity index (χ3v) is 3.58. The summed E-state index contributed by atoms with van der Waals surface area (Å²) in [5.41, 5.74) is 1.01. The molecule has 1 aliphatic heterocycles. The molecule has 1 aliphatic carbocycles. The van der Waals surface area contributed by atoms with E-state index in [1.54, 1.807) is 51.1 Å². The number of ether oxygens (including phenoxy) is 3. The summed E-state index contributed by atoms with van der Waals surface area (Å²) in [6, 6.07) is 8.64. The minimum absolute atomic E-state index is 0.0125. The van der Waals surface area contributed by atoms with E-state index in [9.17, 15) is 14.4 Å². The van der Waals surface area contributed by atoms with Crippen molar-refractivity contribution in [3.05, 3.63) is 41.6 Å². The Hall–Kier alpha value is -2.96. The van der Waals surface area contributed by atoms with Crippen LogP contribution in [0.2, 0.25) is 0 Å². The van der Waals surface area contributed by atoms with Crippen LogP contribution in [0.15, 0.2) is 30.3 Å². The molecule has 0 radical (unpaired) electrons. The monoisotopic (exact) mass is 359 g/mol. The number of fused-ring (bicyclic) bond motifs is 1. The van der Waals surface area contributed by atoms with E-state index in [1.165, 1.54) is 0 Å². The second-order valence-corrected chi connectivity index (χ2v) is 5.24. The highest BCUT2D eigenvalue weighted by Gasteiger charge is 2.39. The van der Waals surface area contributed by atoms with E-state index in [2.05, 4.69) is 4.98 Å². The average Bonchev–Trinajstić information content (AvgIpc) is 2.78. The van der Waals surface area contributed by atoms with Crippen LogP contribution in [-0.2, 0) is 23.8 Å². The molecule has 0 aromatic carbocycles. The standard InChI is InChI=1S/C19H21NO6/c1-4-24-17(21)14-12-10-8-7-9-11-13(12)20-16(14)15(18(22)25-5-2)19(23)26-6-3/h7-11,15H,4-6H2,1-3H3. The molecule has 0 unspecified atom stereocenters. The molecule has 1 heterocycles. The van der Waals surface area contributed by atoms with Crippen LogP contribution < -0.4 is 0 Å². The minimum atomic E-state index is -1.45. The van der Waals surface area contributed by atoms with Crippen molar-refractivity contribution in [3.63, 3.8) is 0 Å². The van der Waals surface area contributed by atoms with E-state index in [-0.39, 0.29) is 31.1 Å². The van der Waals surface area contributed by atoms with E-state index < -0.39 is 23.8 Å². The number of nitrogens with zero attached hydrogens (tertiary/aromatic N) is 1. The molecule has 0 aromatic heterocycles. The third kappa shape index (κ3) is 3.99. The maximum atomic E-state index is 12.5. The summed E-state index contributed by atoms with van der Waals surface area (Å²) in [6.45, 7) is 5.23. The molecular formula is C19H21NO6. The molecule has 0 aromatic rings. The van der Waals surface area contributed by atoms with Gasteiger partial charge in [0.2, 0.25) is 0 Å². The molecule has 0 bridgehead atoms. The molecule has 7 nitrogen and oxygen atoms in total. The fourth-order valence-corrected chi connectivity index (χ4v) is 2.57. The van der Waals surface area contributed by atoms with Crippen molar-refractivity contribution in [3.8, 4) is 11.3 Å². The number of hydrogen-bond donors (Lipinski definition) is 0. The van der Waals surface area contributed by atoms with Gasteiger partial charge in [-0.3, -0.25) is 14.6 Å². The van der Waals surface area contributed by atoms with E-state index in [0.717, 1.165) is 0 Å². The second kappa shape index (κ2) is 8.94. The molecule has 7 heteroatoms. The number of aromatic nitrogens is 1. The first-order valence-corrected chi connectivity index (χ1v) is 8.44. The molecule has 0 atom stereocenters. The highest BCUT2D eigenvalue weighted by Crippen LogP contribution is 2.34. The zero-order valence-electron chi connectivity index (χ0n) is 15.0. The van der Waals surface area contributed by atoms with Crippen molar-refractivity contribution >= 4 is 17.9 Å². The minimum Gasteiger partial charge on any atom is -0.465 e. The third-order valence-electron chi connectivity index (χ3n) is 3.58. The number of carbonyl (C=O) groups excluding carboxylic acids is 3. The van der Waals surface area contributed by atoms with E-state index >= 15 is 0 Å². The quantitative estimate of drug-likeness (QED) is 0.426. The first kappa shape index (κ1) is 19.4. The molecule has 0 saturated carbocycles. The molecular weight excluding hydrogens is 338 g/mol. The number of rotatable bonds is 7. The van der Waals surface area contributed by atoms with Crippen LogP contribution in [0.3, 0.4) is 0 Å². The average molecular weight is 359 g/mol. The Morgan fingerprint density at radius 3 is 2.04 bits per heavy atom. The van der Waals surface area contributed by atoms with Crippen LogP contribution in [0.25, 0.3) is 11.3 Å². The zero-order valence-corrected chi connectivity index (χ0v) is 15.0. The van der Waals surface area contributed by atoms with Gasteiger partial charge in [0.05, 0.1) is 36.8 Å². The lowest BCUT2D eigenvalue weighted by molar-refractivity contribution is -0.157. The van der Waals surface area contributed by atoms with Gasteiger partial charge >= 0.3 is 17.9 Å². The number of esters is 3. The Balaban J connectivity index is 2.68. The summed E-state index contributed by atoms with van der Waals surface area (Å²) in [6.07, 6.45) is 0. The van der Waals surface area contributed by atoms with Gasteiger partial charge in [-0.25, -0.2) is 4.79 Å². The SMILES string of the molecule is CCOC(=O)c1c2cccccc-2nc1C(C(=O)OCC)C(=O)OCC. The first-order valence-electron chi connectivity index (χ1n) is 8.44. The molecule has 0 saturated heterocycles. The second-order valence-electron chi connectivity index (χ2n) is 5.24.